The van der Waals surface area contributed by atoms with Crippen molar-refractivity contribution in [3.05, 3.63) is 41.6 Å². The van der Waals surface area contributed by atoms with E-state index in [9.17, 15) is 9.18 Å². The van der Waals surface area contributed by atoms with Crippen LogP contribution in [0.5, 0.6) is 0 Å². The standard InChI is InChI=1S/C22H27FN6O2/c1-22(2,3)21-25-19(31-28-21)11-10-18(30)24-16-13-14(8-9-15(16)23)20-27-26-17-7-5-4-6-12-29(17)20/h8-9,13H,4-7,10-12H2,1-3H3,(H,24,30). The molecule has 1 aliphatic heterocycles. The Balaban J connectivity index is 1.45. The Kier molecular flexibility index (Phi) is 5.84. The normalized spacial score (nSPS) is 14.2. The molecule has 3 aromatic rings. The van der Waals surface area contributed by atoms with Gasteiger partial charge in [-0.25, -0.2) is 4.39 Å². The second-order valence-corrected chi connectivity index (χ2v) is 8.91. The zero-order chi connectivity index (χ0) is 22.0. The zero-order valence-corrected chi connectivity index (χ0v) is 18.1. The maximum Gasteiger partial charge on any atom is 0.227 e. The fourth-order valence-corrected chi connectivity index (χ4v) is 3.55. The Bertz CT molecular complexity index is 1080. The maximum atomic E-state index is 14.4. The lowest BCUT2D eigenvalue weighted by molar-refractivity contribution is -0.116. The predicted octanol–water partition coefficient (Wildman–Crippen LogP) is 4.06. The first-order chi connectivity index (χ1) is 14.8. The minimum atomic E-state index is -0.500. The van der Waals surface area contributed by atoms with Crippen LogP contribution < -0.4 is 5.32 Å². The van der Waals surface area contributed by atoms with Gasteiger partial charge in [0.15, 0.2) is 11.6 Å². The highest BCUT2D eigenvalue weighted by Gasteiger charge is 2.21. The molecule has 164 valence electrons. The molecule has 9 heteroatoms. The summed E-state index contributed by atoms with van der Waals surface area (Å²) in [7, 11) is 0. The van der Waals surface area contributed by atoms with Crippen molar-refractivity contribution in [1.82, 2.24) is 24.9 Å². The monoisotopic (exact) mass is 426 g/mol. The number of carbonyl (C=O) groups is 1. The molecule has 31 heavy (non-hydrogen) atoms. The Hall–Kier alpha value is -3.10. The summed E-state index contributed by atoms with van der Waals surface area (Å²) in [6.07, 6.45) is 4.61. The summed E-state index contributed by atoms with van der Waals surface area (Å²) in [5.41, 5.74) is 0.617. The second kappa shape index (κ2) is 8.56. The number of benzene rings is 1. The van der Waals surface area contributed by atoms with Crippen LogP contribution in [0.25, 0.3) is 11.4 Å². The van der Waals surface area contributed by atoms with Gasteiger partial charge in [-0.05, 0) is 31.0 Å². The van der Waals surface area contributed by atoms with Crippen LogP contribution >= 0.6 is 0 Å². The molecule has 0 fully saturated rings. The van der Waals surface area contributed by atoms with Crippen molar-refractivity contribution in [2.75, 3.05) is 5.32 Å². The molecule has 0 radical (unpaired) electrons. The van der Waals surface area contributed by atoms with E-state index in [0.29, 0.717) is 17.5 Å². The molecule has 0 bridgehead atoms. The van der Waals surface area contributed by atoms with Gasteiger partial charge >= 0.3 is 0 Å². The summed E-state index contributed by atoms with van der Waals surface area (Å²) in [5, 5.41) is 15.2. The number of aromatic nitrogens is 5. The topological polar surface area (TPSA) is 98.7 Å². The first-order valence-electron chi connectivity index (χ1n) is 10.7. The Morgan fingerprint density at radius 3 is 2.84 bits per heavy atom. The largest absolute Gasteiger partial charge is 0.339 e. The lowest BCUT2D eigenvalue weighted by Gasteiger charge is -2.11. The molecule has 1 N–H and O–H groups in total. The molecule has 3 heterocycles. The van der Waals surface area contributed by atoms with Crippen LogP contribution in [0.1, 0.15) is 64.0 Å². The van der Waals surface area contributed by atoms with Crippen molar-refractivity contribution in [3.63, 3.8) is 0 Å². The van der Waals surface area contributed by atoms with E-state index in [1.165, 1.54) is 6.07 Å². The van der Waals surface area contributed by atoms with E-state index in [0.717, 1.165) is 43.6 Å². The molecule has 1 aliphatic rings. The molecule has 0 saturated heterocycles. The van der Waals surface area contributed by atoms with Gasteiger partial charge in [0.05, 0.1) is 5.69 Å². The van der Waals surface area contributed by atoms with Gasteiger partial charge in [-0.2, -0.15) is 4.98 Å². The SMILES string of the molecule is CC(C)(C)c1noc(CCC(=O)Nc2cc(-c3nnc4n3CCCCC4)ccc2F)n1. The van der Waals surface area contributed by atoms with Crippen LogP contribution in [0, 0.1) is 5.82 Å². The van der Waals surface area contributed by atoms with E-state index in [1.54, 1.807) is 12.1 Å². The molecule has 8 nitrogen and oxygen atoms in total. The van der Waals surface area contributed by atoms with Crippen LogP contribution in [0.3, 0.4) is 0 Å². The number of hydrogen-bond acceptors (Lipinski definition) is 6. The minimum Gasteiger partial charge on any atom is -0.339 e. The molecule has 1 amide bonds. The number of amides is 1. The second-order valence-electron chi connectivity index (χ2n) is 8.91. The van der Waals surface area contributed by atoms with E-state index in [4.69, 9.17) is 4.52 Å². The van der Waals surface area contributed by atoms with Gasteiger partial charge in [0.2, 0.25) is 11.8 Å². The molecule has 4 rings (SSSR count). The summed E-state index contributed by atoms with van der Waals surface area (Å²) in [6.45, 7) is 6.80. The van der Waals surface area contributed by atoms with Crippen molar-refractivity contribution < 1.29 is 13.7 Å². The number of halogens is 1. The van der Waals surface area contributed by atoms with Gasteiger partial charge in [0, 0.05) is 36.8 Å². The highest BCUT2D eigenvalue weighted by Crippen LogP contribution is 2.27. The highest BCUT2D eigenvalue weighted by molar-refractivity contribution is 5.91. The number of fused-ring (bicyclic) bond motifs is 1. The first-order valence-corrected chi connectivity index (χ1v) is 10.7. The Labute approximate surface area is 180 Å². The Morgan fingerprint density at radius 1 is 1.23 bits per heavy atom. The van der Waals surface area contributed by atoms with Gasteiger partial charge in [-0.15, -0.1) is 10.2 Å². The number of anilines is 1. The zero-order valence-electron chi connectivity index (χ0n) is 18.1. The van der Waals surface area contributed by atoms with Gasteiger partial charge in [-0.3, -0.25) is 4.79 Å². The third-order valence-corrected chi connectivity index (χ3v) is 5.31. The molecule has 2 aromatic heterocycles. The lowest BCUT2D eigenvalue weighted by Crippen LogP contribution is -2.15. The smallest absolute Gasteiger partial charge is 0.227 e. The lowest BCUT2D eigenvalue weighted by atomic mass is 9.96. The average molecular weight is 426 g/mol. The minimum absolute atomic E-state index is 0.107. The van der Waals surface area contributed by atoms with Crippen molar-refractivity contribution in [2.45, 2.75) is 71.3 Å². The number of hydrogen-bond donors (Lipinski definition) is 1. The van der Waals surface area contributed by atoms with Gasteiger partial charge in [0.25, 0.3) is 0 Å². The summed E-state index contributed by atoms with van der Waals surface area (Å²) in [6, 6.07) is 4.62. The molecule has 0 saturated carbocycles. The van der Waals surface area contributed by atoms with Crippen molar-refractivity contribution in [2.24, 2.45) is 0 Å². The summed E-state index contributed by atoms with van der Waals surface area (Å²) in [5.74, 6) is 1.81. The summed E-state index contributed by atoms with van der Waals surface area (Å²) < 4.78 is 21.7. The quantitative estimate of drug-likeness (QED) is 0.660. The van der Waals surface area contributed by atoms with Crippen molar-refractivity contribution in [3.8, 4) is 11.4 Å². The fraction of sp³-hybridized carbons (Fsp3) is 0.500. The van der Waals surface area contributed by atoms with Crippen LogP contribution in [-0.4, -0.2) is 30.8 Å². The summed E-state index contributed by atoms with van der Waals surface area (Å²) in [4.78, 5) is 16.7. The fourth-order valence-electron chi connectivity index (χ4n) is 3.55. The number of rotatable bonds is 5. The summed E-state index contributed by atoms with van der Waals surface area (Å²) >= 11 is 0. The third kappa shape index (κ3) is 4.81. The van der Waals surface area contributed by atoms with Crippen LogP contribution in [0.4, 0.5) is 10.1 Å². The number of aryl methyl sites for hydroxylation is 2. The third-order valence-electron chi connectivity index (χ3n) is 5.31. The van der Waals surface area contributed by atoms with E-state index in [2.05, 4.69) is 30.2 Å². The van der Waals surface area contributed by atoms with Gasteiger partial charge in [0.1, 0.15) is 11.6 Å². The number of nitrogens with one attached hydrogen (secondary N) is 1. The molecule has 0 aliphatic carbocycles. The molecular formula is C22H27FN6O2. The molecule has 1 aromatic carbocycles. The highest BCUT2D eigenvalue weighted by atomic mass is 19.1. The first kappa shape index (κ1) is 21.1. The molecule has 0 spiro atoms. The molecule has 0 unspecified atom stereocenters. The van der Waals surface area contributed by atoms with Crippen LogP contribution in [0.2, 0.25) is 0 Å². The van der Waals surface area contributed by atoms with Crippen molar-refractivity contribution in [1.29, 1.82) is 0 Å². The molecular weight excluding hydrogens is 399 g/mol. The van der Waals surface area contributed by atoms with Crippen LogP contribution in [0.15, 0.2) is 22.7 Å². The van der Waals surface area contributed by atoms with Crippen molar-refractivity contribution >= 4 is 11.6 Å². The predicted molar refractivity (Wildman–Crippen MR) is 113 cm³/mol. The number of carbonyl (C=O) groups excluding carboxylic acids is 1. The van der Waals surface area contributed by atoms with E-state index < -0.39 is 5.82 Å². The van der Waals surface area contributed by atoms with Gasteiger partial charge in [-0.1, -0.05) is 32.3 Å². The Morgan fingerprint density at radius 2 is 2.06 bits per heavy atom. The van der Waals surface area contributed by atoms with Gasteiger partial charge < -0.3 is 14.4 Å². The number of nitrogens with zero attached hydrogens (tertiary/aromatic N) is 5. The average Bonchev–Trinajstić information content (AvgIpc) is 3.30. The maximum absolute atomic E-state index is 14.4. The van der Waals surface area contributed by atoms with E-state index in [-0.39, 0.29) is 29.9 Å². The van der Waals surface area contributed by atoms with E-state index >= 15 is 0 Å². The van der Waals surface area contributed by atoms with Crippen LogP contribution in [-0.2, 0) is 29.6 Å². The molecule has 0 atom stereocenters. The van der Waals surface area contributed by atoms with E-state index in [1.807, 2.05) is 20.8 Å².